The van der Waals surface area contributed by atoms with Gasteiger partial charge in [-0.2, -0.15) is 4.74 Å². The molecule has 0 aromatic heterocycles. The molecule has 1 aromatic carbocycles. The van der Waals surface area contributed by atoms with Crippen molar-refractivity contribution in [1.82, 2.24) is 0 Å². The van der Waals surface area contributed by atoms with Crippen LogP contribution in [-0.4, -0.2) is 16.5 Å². The molecule has 1 aliphatic rings. The van der Waals surface area contributed by atoms with Gasteiger partial charge in [0.15, 0.2) is 12.0 Å². The van der Waals surface area contributed by atoms with E-state index in [2.05, 4.69) is 13.8 Å². The Balaban J connectivity index is 2.21. The quantitative estimate of drug-likeness (QED) is 0.515. The van der Waals surface area contributed by atoms with Crippen LogP contribution in [0.3, 0.4) is 0 Å². The van der Waals surface area contributed by atoms with E-state index in [1.54, 1.807) is 6.21 Å². The lowest BCUT2D eigenvalue weighted by Gasteiger charge is -2.30. The second-order valence-electron chi connectivity index (χ2n) is 5.66. The predicted octanol–water partition coefficient (Wildman–Crippen LogP) is 4.66. The lowest BCUT2D eigenvalue weighted by molar-refractivity contribution is -0.536. The number of hydrogen-bond donors (Lipinski definition) is 0. The summed E-state index contributed by atoms with van der Waals surface area (Å²) in [6.45, 7) is 4.31. The normalized spacial score (nSPS) is 16.5. The van der Waals surface area contributed by atoms with E-state index in [9.17, 15) is 5.21 Å². The Morgan fingerprint density at radius 3 is 2.24 bits per heavy atom. The lowest BCUT2D eigenvalue weighted by atomic mass is 9.86. The minimum absolute atomic E-state index is 0.512. The van der Waals surface area contributed by atoms with Crippen molar-refractivity contribution >= 4 is 6.21 Å². The van der Waals surface area contributed by atoms with Crippen LogP contribution in [0.2, 0.25) is 0 Å². The highest BCUT2D eigenvalue weighted by molar-refractivity contribution is 5.70. The highest BCUT2D eigenvalue weighted by Crippen LogP contribution is 2.36. The van der Waals surface area contributed by atoms with Crippen molar-refractivity contribution in [3.63, 3.8) is 0 Å². The van der Waals surface area contributed by atoms with Crippen LogP contribution >= 0.6 is 0 Å². The maximum absolute atomic E-state index is 12.4. The summed E-state index contributed by atoms with van der Waals surface area (Å²) in [5.74, 6) is 1.59. The Hall–Kier alpha value is -1.77. The molecule has 0 bridgehead atoms. The fourth-order valence-corrected chi connectivity index (χ4v) is 2.82. The highest BCUT2D eigenvalue weighted by Gasteiger charge is 2.46. The predicted molar refractivity (Wildman–Crippen MR) is 86.6 cm³/mol. The van der Waals surface area contributed by atoms with Crippen molar-refractivity contribution in [3.05, 3.63) is 47.4 Å². The van der Waals surface area contributed by atoms with E-state index in [4.69, 9.17) is 4.74 Å². The van der Waals surface area contributed by atoms with E-state index in [0.29, 0.717) is 0 Å². The van der Waals surface area contributed by atoms with Gasteiger partial charge in [0.25, 0.3) is 0 Å². The largest absolute Gasteiger partial charge is 0.623 e. The number of hydroxylamine groups is 1. The smallest absolute Gasteiger partial charge is 0.229 e. The second-order valence-corrected chi connectivity index (χ2v) is 5.66. The SMILES string of the molecule is CCCCC1(CCCC)C(Oc2ccccc2)=CC=[N+]1[O-]. The van der Waals surface area contributed by atoms with Gasteiger partial charge in [-0.3, -0.25) is 0 Å². The van der Waals surface area contributed by atoms with Crippen LogP contribution in [0.25, 0.3) is 0 Å². The summed E-state index contributed by atoms with van der Waals surface area (Å²) in [6, 6.07) is 9.72. The Kier molecular flexibility index (Phi) is 5.43. The number of hydrogen-bond acceptors (Lipinski definition) is 2. The number of allylic oxidation sites excluding steroid dienone is 1. The third kappa shape index (κ3) is 3.46. The average Bonchev–Trinajstić information content (AvgIpc) is 2.81. The molecule has 0 aliphatic carbocycles. The topological polar surface area (TPSA) is 35.3 Å². The van der Waals surface area contributed by atoms with Gasteiger partial charge < -0.3 is 9.94 Å². The van der Waals surface area contributed by atoms with Crippen molar-refractivity contribution in [2.75, 3.05) is 0 Å². The van der Waals surface area contributed by atoms with Crippen LogP contribution in [0.4, 0.5) is 0 Å². The molecule has 0 amide bonds. The molecule has 1 heterocycles. The Bertz CT molecular complexity index is 497. The Morgan fingerprint density at radius 1 is 1.05 bits per heavy atom. The van der Waals surface area contributed by atoms with Crippen LogP contribution < -0.4 is 4.74 Å². The minimum Gasteiger partial charge on any atom is -0.623 e. The fourth-order valence-electron chi connectivity index (χ4n) is 2.82. The molecule has 114 valence electrons. The molecule has 2 rings (SSSR count). The minimum atomic E-state index is -0.512. The van der Waals surface area contributed by atoms with Crippen molar-refractivity contribution < 1.29 is 9.48 Å². The fraction of sp³-hybridized carbons (Fsp3) is 0.500. The van der Waals surface area contributed by atoms with Gasteiger partial charge in [0.2, 0.25) is 5.54 Å². The van der Waals surface area contributed by atoms with Gasteiger partial charge in [-0.15, -0.1) is 0 Å². The van der Waals surface area contributed by atoms with E-state index in [1.165, 1.54) is 0 Å². The molecular formula is C18H25NO2. The zero-order valence-electron chi connectivity index (χ0n) is 13.0. The molecule has 0 radical (unpaired) electrons. The first-order valence-corrected chi connectivity index (χ1v) is 7.98. The summed E-state index contributed by atoms with van der Waals surface area (Å²) in [4.78, 5) is 0. The molecule has 0 fully saturated rings. The molecule has 0 saturated heterocycles. The molecule has 0 spiro atoms. The third-order valence-corrected chi connectivity index (χ3v) is 4.10. The van der Waals surface area contributed by atoms with E-state index in [1.807, 2.05) is 36.4 Å². The number of rotatable bonds is 8. The van der Waals surface area contributed by atoms with E-state index >= 15 is 0 Å². The summed E-state index contributed by atoms with van der Waals surface area (Å²) in [5.41, 5.74) is -0.512. The van der Waals surface area contributed by atoms with E-state index in [0.717, 1.165) is 54.8 Å². The van der Waals surface area contributed by atoms with Crippen LogP contribution in [0.5, 0.6) is 5.75 Å². The van der Waals surface area contributed by atoms with Gasteiger partial charge in [-0.1, -0.05) is 44.9 Å². The standard InChI is InChI=1S/C18H25NO2/c1-3-5-13-18(14-6-4-2)17(12-15-19(18)20)21-16-10-8-7-9-11-16/h7-12,15H,3-6,13-14H2,1-2H3. The van der Waals surface area contributed by atoms with Gasteiger partial charge in [0, 0.05) is 18.9 Å². The van der Waals surface area contributed by atoms with Crippen LogP contribution in [0.1, 0.15) is 52.4 Å². The molecule has 0 atom stereocenters. The second kappa shape index (κ2) is 7.30. The third-order valence-electron chi connectivity index (χ3n) is 4.10. The summed E-state index contributed by atoms with van der Waals surface area (Å²) < 4.78 is 7.15. The molecule has 21 heavy (non-hydrogen) atoms. The van der Waals surface area contributed by atoms with Crippen LogP contribution in [-0.2, 0) is 0 Å². The van der Waals surface area contributed by atoms with Gasteiger partial charge in [0.05, 0.1) is 0 Å². The zero-order chi connectivity index (χ0) is 15.1. The number of ether oxygens (including phenoxy) is 1. The molecule has 1 aliphatic heterocycles. The van der Waals surface area contributed by atoms with E-state index in [-0.39, 0.29) is 0 Å². The number of nitrogens with zero attached hydrogens (tertiary/aromatic N) is 1. The van der Waals surface area contributed by atoms with Crippen LogP contribution in [0.15, 0.2) is 42.2 Å². The molecule has 0 unspecified atom stereocenters. The first-order valence-electron chi connectivity index (χ1n) is 7.98. The summed E-state index contributed by atoms with van der Waals surface area (Å²) in [5, 5.41) is 12.4. The van der Waals surface area contributed by atoms with Crippen molar-refractivity contribution in [2.24, 2.45) is 0 Å². The van der Waals surface area contributed by atoms with Gasteiger partial charge in [-0.05, 0) is 25.0 Å². The monoisotopic (exact) mass is 287 g/mol. The lowest BCUT2D eigenvalue weighted by Crippen LogP contribution is -2.40. The van der Waals surface area contributed by atoms with Crippen LogP contribution in [0, 0.1) is 5.21 Å². The molecule has 1 aromatic rings. The van der Waals surface area contributed by atoms with Crippen molar-refractivity contribution in [3.8, 4) is 5.75 Å². The maximum Gasteiger partial charge on any atom is 0.229 e. The zero-order valence-corrected chi connectivity index (χ0v) is 13.0. The first kappa shape index (κ1) is 15.6. The summed E-state index contributed by atoms with van der Waals surface area (Å²) in [6.07, 6.45) is 9.39. The number of para-hydroxylation sites is 1. The Labute approximate surface area is 127 Å². The van der Waals surface area contributed by atoms with E-state index < -0.39 is 5.54 Å². The molecule has 3 nitrogen and oxygen atoms in total. The molecule has 0 N–H and O–H groups in total. The van der Waals surface area contributed by atoms with Gasteiger partial charge in [-0.25, -0.2) is 0 Å². The molecule has 0 saturated carbocycles. The highest BCUT2D eigenvalue weighted by atomic mass is 16.5. The maximum atomic E-state index is 12.4. The molecular weight excluding hydrogens is 262 g/mol. The average molecular weight is 287 g/mol. The Morgan fingerprint density at radius 2 is 1.67 bits per heavy atom. The first-order chi connectivity index (χ1) is 10.2. The summed E-state index contributed by atoms with van der Waals surface area (Å²) in [7, 11) is 0. The number of benzene rings is 1. The summed E-state index contributed by atoms with van der Waals surface area (Å²) >= 11 is 0. The van der Waals surface area contributed by atoms with Crippen molar-refractivity contribution in [2.45, 2.75) is 57.9 Å². The van der Waals surface area contributed by atoms with Gasteiger partial charge >= 0.3 is 0 Å². The number of unbranched alkanes of at least 4 members (excludes halogenated alkanes) is 2. The molecule has 3 heteroatoms. The van der Waals surface area contributed by atoms with Gasteiger partial charge in [0.1, 0.15) is 5.75 Å². The van der Waals surface area contributed by atoms with Crippen molar-refractivity contribution in [1.29, 1.82) is 0 Å².